The van der Waals surface area contributed by atoms with Crippen LogP contribution in [0.4, 0.5) is 0 Å². The van der Waals surface area contributed by atoms with Gasteiger partial charge >= 0.3 is 0 Å². The largest absolute Gasteiger partial charge is 0.288 e. The van der Waals surface area contributed by atoms with Crippen molar-refractivity contribution in [3.05, 3.63) is 22.4 Å². The van der Waals surface area contributed by atoms with Crippen LogP contribution in [0.25, 0.3) is 0 Å². The fourth-order valence-electron chi connectivity index (χ4n) is 0.492. The van der Waals surface area contributed by atoms with Gasteiger partial charge in [0, 0.05) is 5.38 Å². The summed E-state index contributed by atoms with van der Waals surface area (Å²) in [6, 6.07) is 1.60. The van der Waals surface area contributed by atoms with Gasteiger partial charge in [0.15, 0.2) is 0 Å². The van der Waals surface area contributed by atoms with Crippen molar-refractivity contribution in [2.45, 2.75) is 0 Å². The Morgan fingerprint density at radius 3 is 3.00 bits per heavy atom. The second-order valence-electron chi connectivity index (χ2n) is 1.52. The molecule has 0 N–H and O–H groups in total. The second kappa shape index (κ2) is 3.06. The molecule has 4 heteroatoms. The molecule has 0 atom stereocenters. The first-order valence-electron chi connectivity index (χ1n) is 2.49. The van der Waals surface area contributed by atoms with Gasteiger partial charge in [-0.25, -0.2) is 4.79 Å². The fourth-order valence-corrected chi connectivity index (χ4v) is 1.12. The van der Waals surface area contributed by atoms with Crippen molar-refractivity contribution in [3.63, 3.8) is 0 Å². The van der Waals surface area contributed by atoms with Crippen LogP contribution in [0.5, 0.6) is 0 Å². The van der Waals surface area contributed by atoms with Crippen molar-refractivity contribution < 1.29 is 9.59 Å². The highest BCUT2D eigenvalue weighted by atomic mass is 32.1. The third-order valence-electron chi connectivity index (χ3n) is 0.915. The summed E-state index contributed by atoms with van der Waals surface area (Å²) in [5.74, 6) is -0.531. The molecule has 0 fully saturated rings. The van der Waals surface area contributed by atoms with E-state index in [0.29, 0.717) is 5.56 Å². The molecular weight excluding hydrogens is 150 g/mol. The van der Waals surface area contributed by atoms with E-state index in [0.717, 1.165) is 0 Å². The van der Waals surface area contributed by atoms with E-state index in [-0.39, 0.29) is 0 Å². The Bertz CT molecular complexity index is 272. The van der Waals surface area contributed by atoms with E-state index in [9.17, 15) is 9.59 Å². The number of isocyanates is 1. The molecule has 0 aliphatic carbocycles. The molecule has 1 amide bonds. The molecule has 0 saturated carbocycles. The standard InChI is InChI=1S/C6H3NO2S/c8-4-7-6(9)5-1-2-10-3-5/h1-3H. The minimum atomic E-state index is -0.531. The summed E-state index contributed by atoms with van der Waals surface area (Å²) in [6.45, 7) is 0. The summed E-state index contributed by atoms with van der Waals surface area (Å²) in [7, 11) is 0. The maximum atomic E-state index is 10.7. The number of carbonyl (C=O) groups excluding carboxylic acids is 2. The lowest BCUT2D eigenvalue weighted by Gasteiger charge is -1.79. The van der Waals surface area contributed by atoms with E-state index in [2.05, 4.69) is 4.99 Å². The van der Waals surface area contributed by atoms with E-state index in [1.165, 1.54) is 17.4 Å². The first kappa shape index (κ1) is 6.86. The SMILES string of the molecule is O=C=NC(=O)c1ccsc1. The summed E-state index contributed by atoms with van der Waals surface area (Å²) in [4.78, 5) is 23.2. The minimum absolute atomic E-state index is 0.438. The maximum absolute atomic E-state index is 10.7. The zero-order chi connectivity index (χ0) is 7.40. The van der Waals surface area contributed by atoms with Gasteiger partial charge in [0.05, 0.1) is 5.56 Å². The quantitative estimate of drug-likeness (QED) is 0.450. The molecule has 1 rings (SSSR count). The van der Waals surface area contributed by atoms with Gasteiger partial charge in [0.25, 0.3) is 5.91 Å². The zero-order valence-electron chi connectivity index (χ0n) is 4.90. The van der Waals surface area contributed by atoms with Crippen LogP contribution in [0.1, 0.15) is 10.4 Å². The highest BCUT2D eigenvalue weighted by Crippen LogP contribution is 2.06. The minimum Gasteiger partial charge on any atom is -0.266 e. The molecule has 1 aromatic rings. The lowest BCUT2D eigenvalue weighted by atomic mass is 10.3. The first-order valence-corrected chi connectivity index (χ1v) is 3.43. The fraction of sp³-hybridized carbons (Fsp3) is 0. The van der Waals surface area contributed by atoms with Crippen LogP contribution < -0.4 is 0 Å². The van der Waals surface area contributed by atoms with Crippen LogP contribution >= 0.6 is 11.3 Å². The molecule has 1 aromatic heterocycles. The topological polar surface area (TPSA) is 46.5 Å². The third kappa shape index (κ3) is 1.37. The van der Waals surface area contributed by atoms with Crippen LogP contribution in [0.2, 0.25) is 0 Å². The van der Waals surface area contributed by atoms with Crippen molar-refractivity contribution in [2.75, 3.05) is 0 Å². The van der Waals surface area contributed by atoms with Gasteiger partial charge in [-0.2, -0.15) is 11.3 Å². The number of carbonyl (C=O) groups is 1. The van der Waals surface area contributed by atoms with Gasteiger partial charge in [-0.05, 0) is 11.4 Å². The molecule has 0 aromatic carbocycles. The third-order valence-corrected chi connectivity index (χ3v) is 1.60. The Hall–Kier alpha value is -1.25. The molecule has 10 heavy (non-hydrogen) atoms. The molecule has 0 radical (unpaired) electrons. The lowest BCUT2D eigenvalue weighted by Crippen LogP contribution is -1.89. The predicted octanol–water partition coefficient (Wildman–Crippen LogP) is 1.22. The van der Waals surface area contributed by atoms with Gasteiger partial charge < -0.3 is 0 Å². The van der Waals surface area contributed by atoms with Gasteiger partial charge in [-0.1, -0.05) is 0 Å². The van der Waals surface area contributed by atoms with E-state index in [1.54, 1.807) is 16.8 Å². The van der Waals surface area contributed by atoms with Crippen LogP contribution in [0.3, 0.4) is 0 Å². The molecule has 0 bridgehead atoms. The molecule has 0 aliphatic heterocycles. The number of hydrogen-bond acceptors (Lipinski definition) is 3. The van der Waals surface area contributed by atoms with Gasteiger partial charge in [-0.3, -0.25) is 4.79 Å². The number of nitrogens with zero attached hydrogens (tertiary/aromatic N) is 1. The lowest BCUT2D eigenvalue weighted by molar-refractivity contribution is 0.100. The van der Waals surface area contributed by atoms with E-state index in [1.807, 2.05) is 0 Å². The van der Waals surface area contributed by atoms with Gasteiger partial charge in [-0.15, -0.1) is 4.99 Å². The van der Waals surface area contributed by atoms with Crippen LogP contribution in [-0.4, -0.2) is 12.0 Å². The Kier molecular flexibility index (Phi) is 2.10. The van der Waals surface area contributed by atoms with Gasteiger partial charge in [0.2, 0.25) is 6.08 Å². The smallest absolute Gasteiger partial charge is 0.266 e. The molecule has 3 nitrogen and oxygen atoms in total. The average molecular weight is 153 g/mol. The molecule has 0 aliphatic rings. The first-order chi connectivity index (χ1) is 4.84. The summed E-state index contributed by atoms with van der Waals surface area (Å²) >= 11 is 1.38. The molecule has 0 unspecified atom stereocenters. The molecule has 0 spiro atoms. The zero-order valence-corrected chi connectivity index (χ0v) is 5.72. The van der Waals surface area contributed by atoms with Gasteiger partial charge in [0.1, 0.15) is 0 Å². The number of rotatable bonds is 1. The number of aliphatic imine (C=N–C) groups is 1. The van der Waals surface area contributed by atoms with Crippen molar-refractivity contribution >= 4 is 23.3 Å². The van der Waals surface area contributed by atoms with Crippen LogP contribution in [0, 0.1) is 0 Å². The molecular formula is C6H3NO2S. The summed E-state index contributed by atoms with van der Waals surface area (Å²) in [5, 5.41) is 3.37. The number of amides is 1. The Labute approximate surface area is 61.0 Å². The monoisotopic (exact) mass is 153 g/mol. The van der Waals surface area contributed by atoms with E-state index in [4.69, 9.17) is 0 Å². The predicted molar refractivity (Wildman–Crippen MR) is 36.8 cm³/mol. The van der Waals surface area contributed by atoms with E-state index >= 15 is 0 Å². The Morgan fingerprint density at radius 1 is 1.70 bits per heavy atom. The molecule has 0 saturated heterocycles. The van der Waals surface area contributed by atoms with Crippen molar-refractivity contribution in [2.24, 2.45) is 4.99 Å². The second-order valence-corrected chi connectivity index (χ2v) is 2.30. The maximum Gasteiger partial charge on any atom is 0.288 e. The molecule has 50 valence electrons. The summed E-state index contributed by atoms with van der Waals surface area (Å²) in [5.41, 5.74) is 0.438. The van der Waals surface area contributed by atoms with Crippen molar-refractivity contribution in [1.82, 2.24) is 0 Å². The van der Waals surface area contributed by atoms with E-state index < -0.39 is 5.91 Å². The average Bonchev–Trinajstić information content (AvgIpc) is 2.38. The number of thiophene rings is 1. The number of hydrogen-bond donors (Lipinski definition) is 0. The Balaban J connectivity index is 2.87. The normalized spacial score (nSPS) is 8.40. The highest BCUT2D eigenvalue weighted by Gasteiger charge is 2.01. The van der Waals surface area contributed by atoms with Crippen LogP contribution in [0.15, 0.2) is 21.8 Å². The highest BCUT2D eigenvalue weighted by molar-refractivity contribution is 7.08. The molecule has 1 heterocycles. The Morgan fingerprint density at radius 2 is 2.50 bits per heavy atom. The summed E-state index contributed by atoms with van der Waals surface area (Å²) < 4.78 is 0. The summed E-state index contributed by atoms with van der Waals surface area (Å²) in [6.07, 6.45) is 1.19. The van der Waals surface area contributed by atoms with Crippen molar-refractivity contribution in [3.8, 4) is 0 Å². The van der Waals surface area contributed by atoms with Crippen LogP contribution in [-0.2, 0) is 4.79 Å². The van der Waals surface area contributed by atoms with Crippen molar-refractivity contribution in [1.29, 1.82) is 0 Å².